The monoisotopic (exact) mass is 374 g/mol. The van der Waals surface area contributed by atoms with Crippen LogP contribution in [0.4, 0.5) is 15.8 Å². The van der Waals surface area contributed by atoms with E-state index < -0.39 is 17.2 Å². The van der Waals surface area contributed by atoms with Gasteiger partial charge < -0.3 is 26.0 Å². The molecule has 4 rings (SSSR count). The first kappa shape index (κ1) is 17.8. The molecule has 8 heteroatoms. The maximum absolute atomic E-state index is 15.1. The van der Waals surface area contributed by atoms with Gasteiger partial charge in [-0.25, -0.2) is 9.18 Å². The summed E-state index contributed by atoms with van der Waals surface area (Å²) in [5.41, 5.74) is 11.4. The number of carboxylic acids is 1. The lowest BCUT2D eigenvalue weighted by molar-refractivity contribution is 0.0695. The van der Waals surface area contributed by atoms with Crippen LogP contribution < -0.4 is 21.8 Å². The number of aromatic nitrogens is 1. The second-order valence-electron chi connectivity index (χ2n) is 7.69. The third kappa shape index (κ3) is 2.84. The minimum Gasteiger partial charge on any atom is -0.477 e. The topological polar surface area (TPSA) is 115 Å². The van der Waals surface area contributed by atoms with Gasteiger partial charge in [-0.1, -0.05) is 0 Å². The number of carbonyl (C=O) groups is 1. The molecule has 0 amide bonds. The van der Waals surface area contributed by atoms with E-state index >= 15 is 4.39 Å². The molecule has 1 saturated carbocycles. The van der Waals surface area contributed by atoms with E-state index in [0.717, 1.165) is 19.3 Å². The summed E-state index contributed by atoms with van der Waals surface area (Å²) in [6, 6.07) is 1.76. The van der Waals surface area contributed by atoms with E-state index in [-0.39, 0.29) is 34.6 Å². The number of nitrogens with two attached hydrogens (primary N) is 2. The highest BCUT2D eigenvalue weighted by Crippen LogP contribution is 2.40. The molecule has 2 fully saturated rings. The first-order chi connectivity index (χ1) is 12.8. The third-order valence-electron chi connectivity index (χ3n) is 5.76. The molecule has 1 aliphatic heterocycles. The van der Waals surface area contributed by atoms with Crippen LogP contribution >= 0.6 is 0 Å². The van der Waals surface area contributed by atoms with Gasteiger partial charge >= 0.3 is 5.97 Å². The van der Waals surface area contributed by atoms with E-state index in [1.54, 1.807) is 10.6 Å². The number of halogens is 1. The number of nitrogens with zero attached hydrogens (tertiary/aromatic N) is 2. The van der Waals surface area contributed by atoms with Crippen LogP contribution in [0.3, 0.4) is 0 Å². The van der Waals surface area contributed by atoms with Gasteiger partial charge in [0.2, 0.25) is 5.43 Å². The smallest absolute Gasteiger partial charge is 0.341 e. The second kappa shape index (κ2) is 6.23. The van der Waals surface area contributed by atoms with E-state index in [9.17, 15) is 14.7 Å². The van der Waals surface area contributed by atoms with Gasteiger partial charge in [-0.05, 0) is 38.2 Å². The van der Waals surface area contributed by atoms with Crippen LogP contribution in [0.5, 0.6) is 0 Å². The zero-order valence-electron chi connectivity index (χ0n) is 15.1. The molecule has 5 N–H and O–H groups in total. The Bertz CT molecular complexity index is 997. The molecule has 2 aliphatic rings. The molecule has 0 bridgehead atoms. The Labute approximate surface area is 155 Å². The first-order valence-electron chi connectivity index (χ1n) is 9.20. The van der Waals surface area contributed by atoms with E-state index in [0.29, 0.717) is 24.3 Å². The maximum Gasteiger partial charge on any atom is 0.341 e. The van der Waals surface area contributed by atoms with Gasteiger partial charge in [0.05, 0.1) is 22.3 Å². The molecule has 1 aliphatic carbocycles. The summed E-state index contributed by atoms with van der Waals surface area (Å²) in [6.45, 7) is 3.23. The lowest BCUT2D eigenvalue weighted by Crippen LogP contribution is -2.30. The van der Waals surface area contributed by atoms with Crippen LogP contribution in [-0.4, -0.2) is 34.8 Å². The van der Waals surface area contributed by atoms with Crippen LogP contribution in [0.25, 0.3) is 10.9 Å². The average Bonchev–Trinajstić information content (AvgIpc) is 3.33. The molecule has 7 nitrogen and oxygen atoms in total. The highest BCUT2D eigenvalue weighted by atomic mass is 19.1. The second-order valence-corrected chi connectivity index (χ2v) is 7.69. The van der Waals surface area contributed by atoms with Crippen molar-refractivity contribution < 1.29 is 14.3 Å². The average molecular weight is 374 g/mol. The molecule has 27 heavy (non-hydrogen) atoms. The van der Waals surface area contributed by atoms with E-state index in [4.69, 9.17) is 11.5 Å². The number of aromatic carboxylic acids is 1. The van der Waals surface area contributed by atoms with Gasteiger partial charge in [0.1, 0.15) is 5.56 Å². The summed E-state index contributed by atoms with van der Waals surface area (Å²) >= 11 is 0. The van der Waals surface area contributed by atoms with Crippen molar-refractivity contribution in [2.45, 2.75) is 38.3 Å². The fourth-order valence-corrected chi connectivity index (χ4v) is 3.97. The Hall–Kier alpha value is -2.61. The van der Waals surface area contributed by atoms with Crippen molar-refractivity contribution in [3.63, 3.8) is 0 Å². The summed E-state index contributed by atoms with van der Waals surface area (Å²) in [6.07, 6.45) is 4.00. The van der Waals surface area contributed by atoms with E-state index in [1.165, 1.54) is 6.20 Å². The fraction of sp³-hybridized carbons (Fsp3) is 0.474. The molecule has 1 aromatic heterocycles. The summed E-state index contributed by atoms with van der Waals surface area (Å²) < 4.78 is 16.8. The Balaban J connectivity index is 1.93. The highest BCUT2D eigenvalue weighted by Gasteiger charge is 2.31. The SMILES string of the molecule is C[C@@H](N)[C@@H]1CCN(c2cc3c(c(N)c2F)c(=O)c(C(=O)O)cn3C2CC2)C1. The summed E-state index contributed by atoms with van der Waals surface area (Å²) in [5.74, 6) is -1.74. The molecule has 144 valence electrons. The number of fused-ring (bicyclic) bond motifs is 1. The molecular weight excluding hydrogens is 351 g/mol. The van der Waals surface area contributed by atoms with E-state index in [1.807, 2.05) is 11.8 Å². The third-order valence-corrected chi connectivity index (χ3v) is 5.76. The van der Waals surface area contributed by atoms with Crippen LogP contribution in [-0.2, 0) is 0 Å². The summed E-state index contributed by atoms with van der Waals surface area (Å²) in [7, 11) is 0. The Morgan fingerprint density at radius 1 is 1.37 bits per heavy atom. The van der Waals surface area contributed by atoms with Crippen LogP contribution in [0, 0.1) is 11.7 Å². The number of nitrogen functional groups attached to an aromatic ring is 1. The zero-order valence-corrected chi connectivity index (χ0v) is 15.1. The van der Waals surface area contributed by atoms with E-state index in [2.05, 4.69) is 0 Å². The predicted molar refractivity (Wildman–Crippen MR) is 102 cm³/mol. The summed E-state index contributed by atoms with van der Waals surface area (Å²) in [5, 5.41) is 9.30. The van der Waals surface area contributed by atoms with Crippen molar-refractivity contribution in [3.05, 3.63) is 33.9 Å². The van der Waals surface area contributed by atoms with Gasteiger partial charge in [-0.3, -0.25) is 4.79 Å². The molecule has 0 unspecified atom stereocenters. The summed E-state index contributed by atoms with van der Waals surface area (Å²) in [4.78, 5) is 26.0. The molecule has 0 radical (unpaired) electrons. The normalized spacial score (nSPS) is 21.0. The van der Waals surface area contributed by atoms with Gasteiger partial charge in [-0.15, -0.1) is 0 Å². The van der Waals surface area contributed by atoms with Crippen molar-refractivity contribution in [1.29, 1.82) is 0 Å². The number of hydrogen-bond donors (Lipinski definition) is 3. The van der Waals surface area contributed by atoms with Crippen LogP contribution in [0.1, 0.15) is 42.6 Å². The molecule has 1 saturated heterocycles. The fourth-order valence-electron chi connectivity index (χ4n) is 3.97. The highest BCUT2D eigenvalue weighted by molar-refractivity contribution is 5.99. The van der Waals surface area contributed by atoms with Crippen molar-refractivity contribution >= 4 is 28.2 Å². The molecule has 2 atom stereocenters. The van der Waals surface area contributed by atoms with Gasteiger partial charge in [-0.2, -0.15) is 0 Å². The number of benzene rings is 1. The lowest BCUT2D eigenvalue weighted by Gasteiger charge is -2.23. The van der Waals surface area contributed by atoms with Crippen molar-refractivity contribution in [2.24, 2.45) is 11.7 Å². The first-order valence-corrected chi connectivity index (χ1v) is 9.20. The largest absolute Gasteiger partial charge is 0.477 e. The minimum atomic E-state index is -1.33. The Morgan fingerprint density at radius 2 is 2.07 bits per heavy atom. The molecular formula is C19H23FN4O3. The quantitative estimate of drug-likeness (QED) is 0.705. The van der Waals surface area contributed by atoms with Gasteiger partial charge in [0.25, 0.3) is 0 Å². The number of hydrogen-bond acceptors (Lipinski definition) is 5. The number of carboxylic acid groups (broad SMARTS) is 1. The Morgan fingerprint density at radius 3 is 2.63 bits per heavy atom. The predicted octanol–water partition coefficient (Wildman–Crippen LogP) is 1.93. The minimum absolute atomic E-state index is 0.0126. The molecule has 2 heterocycles. The van der Waals surface area contributed by atoms with Crippen molar-refractivity contribution in [2.75, 3.05) is 23.7 Å². The zero-order chi connectivity index (χ0) is 19.5. The Kier molecular flexibility index (Phi) is 4.10. The number of rotatable bonds is 4. The molecule has 0 spiro atoms. The van der Waals surface area contributed by atoms with Crippen molar-refractivity contribution in [3.8, 4) is 0 Å². The number of pyridine rings is 1. The molecule has 1 aromatic carbocycles. The van der Waals surface area contributed by atoms with Crippen molar-refractivity contribution in [1.82, 2.24) is 4.57 Å². The number of anilines is 2. The van der Waals surface area contributed by atoms with Crippen LogP contribution in [0.15, 0.2) is 17.1 Å². The maximum atomic E-state index is 15.1. The van der Waals surface area contributed by atoms with Gasteiger partial charge in [0.15, 0.2) is 5.82 Å². The standard InChI is InChI=1S/C19H23FN4O3/c1-9(21)10-4-5-23(7-10)14-6-13-15(17(22)16(14)20)18(25)12(19(26)27)8-24(13)11-2-3-11/h6,8-11H,2-5,7,21-22H2,1H3,(H,26,27)/t9-,10-/m1/s1. The van der Waals surface area contributed by atoms with Gasteiger partial charge in [0, 0.05) is 31.4 Å². The molecule has 2 aromatic rings. The van der Waals surface area contributed by atoms with Crippen LogP contribution in [0.2, 0.25) is 0 Å². The lowest BCUT2D eigenvalue weighted by atomic mass is 10.0.